The lowest BCUT2D eigenvalue weighted by Gasteiger charge is -2.15. The number of aromatic nitrogens is 3. The van der Waals surface area contributed by atoms with Gasteiger partial charge in [-0.25, -0.2) is 15.0 Å². The molecule has 242 valence electrons. The molecular formula is C33H30Cl2N6O5S. The van der Waals surface area contributed by atoms with Crippen molar-refractivity contribution in [3.8, 4) is 39.9 Å². The Hall–Kier alpha value is -4.33. The minimum absolute atomic E-state index is 0.0877. The molecule has 1 saturated heterocycles. The molecule has 4 N–H and O–H groups in total. The number of fused-ring (bicyclic) bond motifs is 1. The van der Waals surface area contributed by atoms with Gasteiger partial charge < -0.3 is 30.5 Å². The average molecular weight is 694 g/mol. The lowest BCUT2D eigenvalue weighted by molar-refractivity contribution is -0.136. The summed E-state index contributed by atoms with van der Waals surface area (Å²) in [6.07, 6.45) is 3.01. The predicted octanol–water partition coefficient (Wildman–Crippen LogP) is 6.07. The topological polar surface area (TPSA) is 148 Å². The van der Waals surface area contributed by atoms with Crippen molar-refractivity contribution in [2.75, 3.05) is 20.2 Å². The van der Waals surface area contributed by atoms with Crippen LogP contribution in [0.15, 0.2) is 60.8 Å². The third kappa shape index (κ3) is 7.47. The zero-order valence-electron chi connectivity index (χ0n) is 25.2. The summed E-state index contributed by atoms with van der Waals surface area (Å²) in [6.45, 7) is 1.33. The second-order valence-corrected chi connectivity index (χ2v) is 12.6. The number of carboxylic acids is 1. The van der Waals surface area contributed by atoms with E-state index in [1.54, 1.807) is 19.4 Å². The zero-order valence-corrected chi connectivity index (χ0v) is 27.5. The summed E-state index contributed by atoms with van der Waals surface area (Å²) < 4.78 is 12.7. The van der Waals surface area contributed by atoms with Crippen LogP contribution in [0.2, 0.25) is 10.0 Å². The number of ether oxygens (including phenoxy) is 2. The van der Waals surface area contributed by atoms with Gasteiger partial charge in [-0.1, -0.05) is 59.6 Å². The van der Waals surface area contributed by atoms with E-state index in [0.29, 0.717) is 80.6 Å². The summed E-state index contributed by atoms with van der Waals surface area (Å²) in [6, 6.07) is 16.9. The first kappa shape index (κ1) is 32.6. The Balaban J connectivity index is 1.23. The van der Waals surface area contributed by atoms with Crippen molar-refractivity contribution in [2.24, 2.45) is 0 Å². The van der Waals surface area contributed by atoms with E-state index in [-0.39, 0.29) is 24.4 Å². The third-order valence-electron chi connectivity index (χ3n) is 7.53. The maximum absolute atomic E-state index is 11.5. The highest BCUT2D eigenvalue weighted by Crippen LogP contribution is 2.43. The Morgan fingerprint density at radius 3 is 2.55 bits per heavy atom. The van der Waals surface area contributed by atoms with E-state index >= 15 is 0 Å². The number of pyridine rings is 2. The molecule has 1 aliphatic heterocycles. The van der Waals surface area contributed by atoms with Crippen LogP contribution >= 0.6 is 34.5 Å². The molecule has 1 aliphatic rings. The van der Waals surface area contributed by atoms with E-state index in [2.05, 4.69) is 25.9 Å². The van der Waals surface area contributed by atoms with Gasteiger partial charge in [-0.05, 0) is 24.6 Å². The van der Waals surface area contributed by atoms with Gasteiger partial charge >= 0.3 is 5.97 Å². The minimum Gasteiger partial charge on any atom is -0.481 e. The highest BCUT2D eigenvalue weighted by molar-refractivity contribution is 7.18. The molecule has 11 nitrogen and oxygen atoms in total. The van der Waals surface area contributed by atoms with Gasteiger partial charge in [0, 0.05) is 60.5 Å². The van der Waals surface area contributed by atoms with Crippen LogP contribution in [0.3, 0.4) is 0 Å². The second kappa shape index (κ2) is 14.6. The molecule has 1 amide bonds. The molecule has 1 fully saturated rings. The van der Waals surface area contributed by atoms with E-state index in [9.17, 15) is 9.59 Å². The fourth-order valence-corrected chi connectivity index (χ4v) is 6.80. The monoisotopic (exact) mass is 692 g/mol. The largest absolute Gasteiger partial charge is 0.481 e. The molecule has 0 spiro atoms. The smallest absolute Gasteiger partial charge is 0.317 e. The van der Waals surface area contributed by atoms with Crippen LogP contribution in [0.4, 0.5) is 0 Å². The molecule has 5 aromatic rings. The highest BCUT2D eigenvalue weighted by atomic mass is 35.5. The summed E-state index contributed by atoms with van der Waals surface area (Å²) in [7, 11) is 1.58. The number of hydrogen-bond donors (Lipinski definition) is 4. The van der Waals surface area contributed by atoms with Crippen molar-refractivity contribution < 1.29 is 24.2 Å². The van der Waals surface area contributed by atoms with Crippen LogP contribution in [-0.4, -0.2) is 58.2 Å². The Labute approximate surface area is 284 Å². The normalized spacial score (nSPS) is 14.4. The Bertz CT molecular complexity index is 1950. The van der Waals surface area contributed by atoms with Crippen molar-refractivity contribution in [3.05, 3.63) is 81.4 Å². The quantitative estimate of drug-likeness (QED) is 0.115. The van der Waals surface area contributed by atoms with Gasteiger partial charge in [0.05, 0.1) is 34.1 Å². The van der Waals surface area contributed by atoms with Gasteiger partial charge in [-0.15, -0.1) is 11.3 Å². The number of thiazole rings is 1. The lowest BCUT2D eigenvalue weighted by atomic mass is 10.0. The third-order valence-corrected chi connectivity index (χ3v) is 9.35. The van der Waals surface area contributed by atoms with Crippen molar-refractivity contribution >= 4 is 56.6 Å². The van der Waals surface area contributed by atoms with Crippen LogP contribution in [0.5, 0.6) is 17.5 Å². The van der Waals surface area contributed by atoms with Gasteiger partial charge in [-0.2, -0.15) is 0 Å². The molecule has 0 aliphatic carbocycles. The summed E-state index contributed by atoms with van der Waals surface area (Å²) in [4.78, 5) is 36.1. The van der Waals surface area contributed by atoms with Gasteiger partial charge in [0.2, 0.25) is 17.7 Å². The van der Waals surface area contributed by atoms with Crippen LogP contribution in [-0.2, 0) is 22.7 Å². The Kier molecular flexibility index (Phi) is 10.1. The number of aliphatic carboxylic acids is 1. The fraction of sp³-hybridized carbons (Fsp3) is 0.242. The number of nitrogens with zero attached hydrogens (tertiary/aromatic N) is 3. The second-order valence-electron chi connectivity index (χ2n) is 10.8. The average Bonchev–Trinajstić information content (AvgIpc) is 3.68. The molecule has 0 radical (unpaired) electrons. The van der Waals surface area contributed by atoms with Gasteiger partial charge in [0.1, 0.15) is 16.3 Å². The number of amides is 1. The Morgan fingerprint density at radius 2 is 1.79 bits per heavy atom. The molecule has 2 aromatic carbocycles. The van der Waals surface area contributed by atoms with E-state index < -0.39 is 5.97 Å². The number of hydrogen-bond acceptors (Lipinski definition) is 10. The molecule has 4 heterocycles. The van der Waals surface area contributed by atoms with Gasteiger partial charge in [0.15, 0.2) is 0 Å². The molecule has 14 heteroatoms. The summed E-state index contributed by atoms with van der Waals surface area (Å²) in [5.74, 6) is 0.274. The first-order valence-electron chi connectivity index (χ1n) is 14.8. The molecule has 6 rings (SSSR count). The van der Waals surface area contributed by atoms with Crippen molar-refractivity contribution in [1.82, 2.24) is 30.9 Å². The molecule has 0 bridgehead atoms. The SMILES string of the molecule is COc1nc(-c2cccc(-c3cccc(Oc4nccc5sc(CNCC(=O)O)nc45)c3Cl)c2Cl)ccc1CNC[C@H]1CCC(=O)N1. The number of benzene rings is 2. The van der Waals surface area contributed by atoms with Gasteiger partial charge in [-0.3, -0.25) is 9.59 Å². The zero-order chi connectivity index (χ0) is 32.9. The number of halogens is 2. The molecular weight excluding hydrogens is 663 g/mol. The number of nitrogens with one attached hydrogen (secondary N) is 3. The first-order chi connectivity index (χ1) is 22.8. The van der Waals surface area contributed by atoms with Gasteiger partial charge in [0.25, 0.3) is 0 Å². The Morgan fingerprint density at radius 1 is 1.00 bits per heavy atom. The lowest BCUT2D eigenvalue weighted by Crippen LogP contribution is -2.35. The molecule has 0 unspecified atom stereocenters. The number of rotatable bonds is 13. The number of carbonyl (C=O) groups is 2. The predicted molar refractivity (Wildman–Crippen MR) is 181 cm³/mol. The van der Waals surface area contributed by atoms with Crippen LogP contribution in [0.1, 0.15) is 23.4 Å². The molecule has 1 atom stereocenters. The van der Waals surface area contributed by atoms with Crippen LogP contribution in [0.25, 0.3) is 32.6 Å². The maximum atomic E-state index is 11.5. The number of carboxylic acid groups (broad SMARTS) is 1. The summed E-state index contributed by atoms with van der Waals surface area (Å²) in [5.41, 5.74) is 4.12. The molecule has 3 aromatic heterocycles. The van der Waals surface area contributed by atoms with E-state index in [1.807, 2.05) is 48.5 Å². The fourth-order valence-electron chi connectivity index (χ4n) is 5.29. The maximum Gasteiger partial charge on any atom is 0.317 e. The highest BCUT2D eigenvalue weighted by Gasteiger charge is 2.21. The van der Waals surface area contributed by atoms with E-state index in [4.69, 9.17) is 42.8 Å². The van der Waals surface area contributed by atoms with Crippen molar-refractivity contribution in [3.63, 3.8) is 0 Å². The molecule has 47 heavy (non-hydrogen) atoms. The first-order valence-corrected chi connectivity index (χ1v) is 16.3. The van der Waals surface area contributed by atoms with E-state index in [1.165, 1.54) is 11.3 Å². The molecule has 0 saturated carbocycles. The number of carbonyl (C=O) groups excluding carboxylic acids is 1. The summed E-state index contributed by atoms with van der Waals surface area (Å²) >= 11 is 15.4. The van der Waals surface area contributed by atoms with E-state index in [0.717, 1.165) is 16.7 Å². The summed E-state index contributed by atoms with van der Waals surface area (Å²) in [5, 5.41) is 19.6. The minimum atomic E-state index is -0.942. The standard InChI is InChI=1S/C33H30Cl2N6O5S/c1-45-32-18(14-36-15-19-9-11-26(42)39-19)8-10-23(40-32)22-6-2-4-20(29(22)34)21-5-3-7-24(30(21)35)46-33-31-25(12-13-38-33)47-27(41-31)16-37-17-28(43)44/h2-8,10,12-13,19,36-37H,9,11,14-17H2,1H3,(H,39,42)(H,43,44)/t19-/m1/s1. The van der Waals surface area contributed by atoms with Crippen molar-refractivity contribution in [2.45, 2.75) is 32.0 Å². The van der Waals surface area contributed by atoms with Crippen molar-refractivity contribution in [1.29, 1.82) is 0 Å². The number of methoxy groups -OCH3 is 1. The van der Waals surface area contributed by atoms with Crippen LogP contribution < -0.4 is 25.4 Å². The van der Waals surface area contributed by atoms with Crippen LogP contribution in [0, 0.1) is 0 Å².